The zero-order valence-corrected chi connectivity index (χ0v) is 18.9. The molecule has 1 aliphatic carbocycles. The summed E-state index contributed by atoms with van der Waals surface area (Å²) in [6.45, 7) is 6.25. The first-order valence-corrected chi connectivity index (χ1v) is 11.1. The van der Waals surface area contributed by atoms with Crippen molar-refractivity contribution in [2.45, 2.75) is 64.1 Å². The van der Waals surface area contributed by atoms with Crippen LogP contribution in [0.5, 0.6) is 0 Å². The summed E-state index contributed by atoms with van der Waals surface area (Å²) in [5, 5.41) is 15.9. The molecule has 1 saturated carbocycles. The van der Waals surface area contributed by atoms with Gasteiger partial charge in [0.1, 0.15) is 11.5 Å². The molecule has 4 rings (SSSR count). The molecule has 3 aromatic rings. The monoisotopic (exact) mass is 430 g/mol. The molecular weight excluding hydrogens is 400 g/mol. The summed E-state index contributed by atoms with van der Waals surface area (Å²) >= 11 is 0. The van der Waals surface area contributed by atoms with Crippen molar-refractivity contribution in [3.05, 3.63) is 53.7 Å². The van der Waals surface area contributed by atoms with E-state index in [1.807, 2.05) is 34.9 Å². The zero-order chi connectivity index (χ0) is 22.9. The molecule has 2 aromatic heterocycles. The maximum atomic E-state index is 13.2. The van der Waals surface area contributed by atoms with Crippen LogP contribution in [-0.2, 0) is 0 Å². The van der Waals surface area contributed by atoms with Crippen LogP contribution in [-0.4, -0.2) is 32.9 Å². The number of rotatable bonds is 4. The zero-order valence-electron chi connectivity index (χ0n) is 18.9. The van der Waals surface area contributed by atoms with Gasteiger partial charge in [-0.2, -0.15) is 5.26 Å². The SMILES string of the molecule is CC(C)(C)Nc1c(-c2ccc(C#N)cc2)nc2c(C(=O)NC3CCC(N)CC3)cccn12. The second-order valence-electron chi connectivity index (χ2n) is 9.57. The van der Waals surface area contributed by atoms with E-state index in [1.54, 1.807) is 12.1 Å². The molecule has 1 aromatic carbocycles. The lowest BCUT2D eigenvalue weighted by Crippen LogP contribution is -2.40. The molecule has 32 heavy (non-hydrogen) atoms. The minimum absolute atomic E-state index is 0.116. The van der Waals surface area contributed by atoms with Gasteiger partial charge in [0.15, 0.2) is 5.65 Å². The summed E-state index contributed by atoms with van der Waals surface area (Å²) in [6, 6.07) is 13.5. The first kappa shape index (κ1) is 21.8. The summed E-state index contributed by atoms with van der Waals surface area (Å²) in [4.78, 5) is 18.1. The van der Waals surface area contributed by atoms with E-state index in [-0.39, 0.29) is 23.5 Å². The Hall–Kier alpha value is -3.37. The van der Waals surface area contributed by atoms with Crippen LogP contribution < -0.4 is 16.4 Å². The number of imidazole rings is 1. The van der Waals surface area contributed by atoms with Crippen molar-refractivity contribution in [1.82, 2.24) is 14.7 Å². The van der Waals surface area contributed by atoms with E-state index < -0.39 is 0 Å². The largest absolute Gasteiger partial charge is 0.365 e. The maximum Gasteiger partial charge on any atom is 0.255 e. The summed E-state index contributed by atoms with van der Waals surface area (Å²) in [5.74, 6) is 0.699. The number of nitrogens with two attached hydrogens (primary N) is 1. The van der Waals surface area contributed by atoms with Gasteiger partial charge in [0.05, 0.1) is 17.2 Å². The van der Waals surface area contributed by atoms with Gasteiger partial charge < -0.3 is 16.4 Å². The Morgan fingerprint density at radius 2 is 1.84 bits per heavy atom. The average molecular weight is 431 g/mol. The van der Waals surface area contributed by atoms with Crippen molar-refractivity contribution >= 4 is 17.4 Å². The van der Waals surface area contributed by atoms with Crippen LogP contribution in [0.3, 0.4) is 0 Å². The number of carbonyl (C=O) groups excluding carboxylic acids is 1. The number of benzene rings is 1. The van der Waals surface area contributed by atoms with Crippen molar-refractivity contribution < 1.29 is 4.79 Å². The fraction of sp³-hybridized carbons (Fsp3) is 0.400. The highest BCUT2D eigenvalue weighted by atomic mass is 16.1. The van der Waals surface area contributed by atoms with E-state index in [9.17, 15) is 4.79 Å². The number of pyridine rings is 1. The number of anilines is 1. The molecule has 2 heterocycles. The predicted octanol–water partition coefficient (Wildman–Crippen LogP) is 4.08. The van der Waals surface area contributed by atoms with Crippen molar-refractivity contribution in [3.8, 4) is 17.3 Å². The van der Waals surface area contributed by atoms with E-state index in [2.05, 4.69) is 37.5 Å². The second-order valence-corrected chi connectivity index (χ2v) is 9.57. The van der Waals surface area contributed by atoms with Gasteiger partial charge in [0, 0.05) is 29.4 Å². The number of nitriles is 1. The summed E-state index contributed by atoms with van der Waals surface area (Å²) in [7, 11) is 0. The second kappa shape index (κ2) is 8.64. The molecule has 0 atom stereocenters. The van der Waals surface area contributed by atoms with Crippen LogP contribution >= 0.6 is 0 Å². The van der Waals surface area contributed by atoms with Crippen molar-refractivity contribution in [3.63, 3.8) is 0 Å². The molecule has 1 amide bonds. The van der Waals surface area contributed by atoms with E-state index in [4.69, 9.17) is 16.0 Å². The van der Waals surface area contributed by atoms with Gasteiger partial charge in [-0.3, -0.25) is 9.20 Å². The fourth-order valence-corrected chi connectivity index (χ4v) is 4.15. The van der Waals surface area contributed by atoms with Gasteiger partial charge in [0.2, 0.25) is 0 Å². The number of carbonyl (C=O) groups is 1. The lowest BCUT2D eigenvalue weighted by Gasteiger charge is -2.26. The Bertz CT molecular complexity index is 1160. The van der Waals surface area contributed by atoms with Gasteiger partial charge in [-0.25, -0.2) is 4.98 Å². The number of nitrogens with zero attached hydrogens (tertiary/aromatic N) is 3. The predicted molar refractivity (Wildman–Crippen MR) is 126 cm³/mol. The van der Waals surface area contributed by atoms with Crippen molar-refractivity contribution in [1.29, 1.82) is 5.26 Å². The van der Waals surface area contributed by atoms with Gasteiger partial charge in [-0.15, -0.1) is 0 Å². The molecule has 7 nitrogen and oxygen atoms in total. The van der Waals surface area contributed by atoms with Crippen LogP contribution in [0.2, 0.25) is 0 Å². The molecular formula is C25H30N6O. The standard InChI is InChI=1S/C25H30N6O/c1-25(2,3)30-23-21(17-8-6-16(15-26)7-9-17)29-22-20(5-4-14-31(22)23)24(32)28-19-12-10-18(27)11-13-19/h4-9,14,18-19,30H,10-13,27H2,1-3H3,(H,28,32). The number of amides is 1. The minimum Gasteiger partial charge on any atom is -0.365 e. The Morgan fingerprint density at radius 1 is 1.16 bits per heavy atom. The normalized spacial score (nSPS) is 18.8. The highest BCUT2D eigenvalue weighted by molar-refractivity contribution is 6.01. The van der Waals surface area contributed by atoms with Crippen molar-refractivity contribution in [2.75, 3.05) is 5.32 Å². The smallest absolute Gasteiger partial charge is 0.255 e. The molecule has 0 radical (unpaired) electrons. The minimum atomic E-state index is -0.212. The Morgan fingerprint density at radius 3 is 2.47 bits per heavy atom. The molecule has 0 saturated heterocycles. The average Bonchev–Trinajstić information content (AvgIpc) is 3.12. The molecule has 0 unspecified atom stereocenters. The van der Waals surface area contributed by atoms with Gasteiger partial charge in [0.25, 0.3) is 5.91 Å². The van der Waals surface area contributed by atoms with Crippen molar-refractivity contribution in [2.24, 2.45) is 5.73 Å². The van der Waals surface area contributed by atoms with Crippen LogP contribution in [0.1, 0.15) is 62.4 Å². The molecule has 4 N–H and O–H groups in total. The van der Waals surface area contributed by atoms with Crippen LogP contribution in [0.4, 0.5) is 5.82 Å². The highest BCUT2D eigenvalue weighted by Gasteiger charge is 2.25. The van der Waals surface area contributed by atoms with Crippen LogP contribution in [0, 0.1) is 11.3 Å². The third kappa shape index (κ3) is 4.61. The number of fused-ring (bicyclic) bond motifs is 1. The molecule has 0 bridgehead atoms. The Kier molecular flexibility index (Phi) is 5.90. The number of aromatic nitrogens is 2. The topological polar surface area (TPSA) is 108 Å². The molecule has 1 aliphatic rings. The quantitative estimate of drug-likeness (QED) is 0.578. The van der Waals surface area contributed by atoms with Gasteiger partial charge in [-0.1, -0.05) is 12.1 Å². The summed E-state index contributed by atoms with van der Waals surface area (Å²) in [5.41, 5.74) is 9.15. The third-order valence-corrected chi connectivity index (χ3v) is 5.78. The van der Waals surface area contributed by atoms with E-state index in [0.29, 0.717) is 16.8 Å². The summed E-state index contributed by atoms with van der Waals surface area (Å²) < 4.78 is 1.94. The lowest BCUT2D eigenvalue weighted by molar-refractivity contribution is 0.0927. The maximum absolute atomic E-state index is 13.2. The molecule has 1 fully saturated rings. The van der Waals surface area contributed by atoms with E-state index in [1.165, 1.54) is 0 Å². The molecule has 0 aliphatic heterocycles. The highest BCUT2D eigenvalue weighted by Crippen LogP contribution is 2.32. The first-order valence-electron chi connectivity index (χ1n) is 11.1. The molecule has 7 heteroatoms. The van der Waals surface area contributed by atoms with E-state index >= 15 is 0 Å². The number of hydrogen-bond donors (Lipinski definition) is 3. The fourth-order valence-electron chi connectivity index (χ4n) is 4.15. The lowest BCUT2D eigenvalue weighted by atomic mass is 9.91. The van der Waals surface area contributed by atoms with Gasteiger partial charge >= 0.3 is 0 Å². The van der Waals surface area contributed by atoms with Crippen LogP contribution in [0.15, 0.2) is 42.6 Å². The Labute approximate surface area is 188 Å². The van der Waals surface area contributed by atoms with E-state index in [0.717, 1.165) is 42.8 Å². The van der Waals surface area contributed by atoms with Crippen LogP contribution in [0.25, 0.3) is 16.9 Å². The van der Waals surface area contributed by atoms with Gasteiger partial charge in [-0.05, 0) is 70.7 Å². The Balaban J connectivity index is 1.75. The summed E-state index contributed by atoms with van der Waals surface area (Å²) in [6.07, 6.45) is 5.58. The molecule has 166 valence electrons. The molecule has 0 spiro atoms. The number of nitrogens with one attached hydrogen (secondary N) is 2. The first-order chi connectivity index (χ1) is 15.2. The third-order valence-electron chi connectivity index (χ3n) is 5.78. The number of hydrogen-bond acceptors (Lipinski definition) is 5.